The van der Waals surface area contributed by atoms with E-state index in [-0.39, 0.29) is 0 Å². The predicted octanol–water partition coefficient (Wildman–Crippen LogP) is -1.89. The lowest BCUT2D eigenvalue weighted by atomic mass is 10.1. The van der Waals surface area contributed by atoms with Gasteiger partial charge in [-0.3, -0.25) is 0 Å². The number of ether oxygens (including phenoxy) is 2. The molecule has 2 aliphatic rings. The van der Waals surface area contributed by atoms with E-state index >= 15 is 0 Å². The van der Waals surface area contributed by atoms with Crippen molar-refractivity contribution in [2.45, 2.75) is 30.5 Å². The molecule has 2 heterocycles. The van der Waals surface area contributed by atoms with Gasteiger partial charge in [0.1, 0.15) is 12.2 Å². The minimum atomic E-state index is -1.32. The minimum Gasteiger partial charge on any atom is -0.455 e. The van der Waals surface area contributed by atoms with E-state index in [9.17, 15) is 9.90 Å². The number of aliphatic hydroxyl groups excluding tert-OH is 2. The molecule has 0 aromatic rings. The maximum Gasteiger partial charge on any atom is 0.338 e. The van der Waals surface area contributed by atoms with Crippen molar-refractivity contribution in [3.05, 3.63) is 6.92 Å². The molecule has 5 heteroatoms. The second kappa shape index (κ2) is 2.42. The molecule has 2 fully saturated rings. The first kappa shape index (κ1) is 7.97. The Balaban J connectivity index is 2.19. The Morgan fingerprint density at radius 3 is 2.58 bits per heavy atom. The number of fused-ring (bicyclic) bond motifs is 1. The standard InChI is InChI=1S/C7H8O5/c1-2-3(8)5-6(11-2)4(9)7(10)12-5/h1-6,8-9H/t2-,3?,4?,5+,6-/m0/s1. The molecule has 5 nitrogen and oxygen atoms in total. The number of aliphatic hydroxyl groups is 2. The summed E-state index contributed by atoms with van der Waals surface area (Å²) < 4.78 is 9.55. The number of carbonyl (C=O) groups excluding carboxylic acids is 1. The van der Waals surface area contributed by atoms with Crippen molar-refractivity contribution < 1.29 is 24.5 Å². The molecule has 2 radical (unpaired) electrons. The number of esters is 1. The number of rotatable bonds is 0. The Labute approximate surface area is 68.9 Å². The summed E-state index contributed by atoms with van der Waals surface area (Å²) in [5.74, 6) is -0.768. The van der Waals surface area contributed by atoms with Crippen LogP contribution in [0.3, 0.4) is 0 Å². The van der Waals surface area contributed by atoms with Gasteiger partial charge in [-0.2, -0.15) is 0 Å². The van der Waals surface area contributed by atoms with Gasteiger partial charge in [0.2, 0.25) is 0 Å². The zero-order chi connectivity index (χ0) is 8.88. The van der Waals surface area contributed by atoms with Crippen LogP contribution in [0.2, 0.25) is 0 Å². The van der Waals surface area contributed by atoms with Crippen molar-refractivity contribution in [3.63, 3.8) is 0 Å². The average Bonchev–Trinajstić information content (AvgIpc) is 2.43. The summed E-state index contributed by atoms with van der Waals surface area (Å²) in [6.07, 6.45) is -4.89. The monoisotopic (exact) mass is 172 g/mol. The molecule has 0 saturated carbocycles. The molecule has 0 bridgehead atoms. The molecule has 2 N–H and O–H groups in total. The maximum atomic E-state index is 10.7. The summed E-state index contributed by atoms with van der Waals surface area (Å²) in [7, 11) is 0. The predicted molar refractivity (Wildman–Crippen MR) is 34.9 cm³/mol. The lowest BCUT2D eigenvalue weighted by molar-refractivity contribution is -0.152. The summed E-state index contributed by atoms with van der Waals surface area (Å²) >= 11 is 0. The molecule has 66 valence electrons. The van der Waals surface area contributed by atoms with E-state index in [1.165, 1.54) is 0 Å². The fraction of sp³-hybridized carbons (Fsp3) is 0.714. The van der Waals surface area contributed by atoms with Crippen LogP contribution >= 0.6 is 0 Å². The summed E-state index contributed by atoms with van der Waals surface area (Å²) in [6.45, 7) is 5.30. The normalized spacial score (nSPS) is 52.2. The van der Waals surface area contributed by atoms with E-state index in [1.807, 2.05) is 0 Å². The lowest BCUT2D eigenvalue weighted by Crippen LogP contribution is -2.31. The molecule has 2 aliphatic heterocycles. The van der Waals surface area contributed by atoms with Gasteiger partial charge in [0.25, 0.3) is 0 Å². The Morgan fingerprint density at radius 1 is 1.33 bits per heavy atom. The number of hydrogen-bond donors (Lipinski definition) is 2. The van der Waals surface area contributed by atoms with E-state index in [1.54, 1.807) is 0 Å². The van der Waals surface area contributed by atoms with Gasteiger partial charge in [0.15, 0.2) is 12.2 Å². The molecular weight excluding hydrogens is 164 g/mol. The van der Waals surface area contributed by atoms with Crippen molar-refractivity contribution in [2.24, 2.45) is 0 Å². The largest absolute Gasteiger partial charge is 0.455 e. The highest BCUT2D eigenvalue weighted by molar-refractivity contribution is 5.78. The van der Waals surface area contributed by atoms with Crippen molar-refractivity contribution in [1.82, 2.24) is 0 Å². The molecule has 2 rings (SSSR count). The van der Waals surface area contributed by atoms with Crippen LogP contribution in [0.25, 0.3) is 0 Å². The van der Waals surface area contributed by atoms with Crippen LogP contribution in [0.5, 0.6) is 0 Å². The fourth-order valence-corrected chi connectivity index (χ4v) is 1.45. The number of carbonyl (C=O) groups is 1. The summed E-state index contributed by atoms with van der Waals surface area (Å²) in [5, 5.41) is 18.4. The maximum absolute atomic E-state index is 10.7. The number of hydrogen-bond acceptors (Lipinski definition) is 5. The topological polar surface area (TPSA) is 76.0 Å². The van der Waals surface area contributed by atoms with Crippen molar-refractivity contribution in [3.8, 4) is 0 Å². The van der Waals surface area contributed by atoms with Gasteiger partial charge in [0.05, 0.1) is 6.10 Å². The van der Waals surface area contributed by atoms with Crippen LogP contribution in [0.4, 0.5) is 0 Å². The Bertz CT molecular complexity index is 216. The van der Waals surface area contributed by atoms with E-state index < -0.39 is 36.5 Å². The third kappa shape index (κ3) is 0.872. The smallest absolute Gasteiger partial charge is 0.338 e. The average molecular weight is 172 g/mol. The van der Waals surface area contributed by atoms with Crippen molar-refractivity contribution >= 4 is 5.97 Å². The molecule has 2 saturated heterocycles. The SMILES string of the molecule is [CH][C@@H]1O[C@H]2C(O)C(=O)O[C@@H]2C1O. The first-order valence-electron chi connectivity index (χ1n) is 3.59. The zero-order valence-corrected chi connectivity index (χ0v) is 6.08. The highest BCUT2D eigenvalue weighted by Gasteiger charge is 2.55. The first-order chi connectivity index (χ1) is 5.61. The van der Waals surface area contributed by atoms with Crippen LogP contribution in [-0.4, -0.2) is 46.7 Å². The van der Waals surface area contributed by atoms with E-state index in [0.29, 0.717) is 0 Å². The second-order valence-electron chi connectivity index (χ2n) is 2.90. The van der Waals surface area contributed by atoms with Crippen LogP contribution in [0.15, 0.2) is 0 Å². The lowest BCUT2D eigenvalue weighted by Gasteiger charge is -2.11. The summed E-state index contributed by atoms with van der Waals surface area (Å²) in [6, 6.07) is 0. The van der Waals surface area contributed by atoms with Gasteiger partial charge >= 0.3 is 5.97 Å². The van der Waals surface area contributed by atoms with Gasteiger partial charge in [-0.05, 0) is 6.92 Å². The van der Waals surface area contributed by atoms with E-state index in [2.05, 4.69) is 4.74 Å². The zero-order valence-electron chi connectivity index (χ0n) is 6.08. The van der Waals surface area contributed by atoms with Crippen LogP contribution in [0, 0.1) is 6.92 Å². The molecule has 0 aromatic carbocycles. The Kier molecular flexibility index (Phi) is 1.61. The summed E-state index contributed by atoms with van der Waals surface area (Å²) in [5.41, 5.74) is 0. The van der Waals surface area contributed by atoms with Crippen LogP contribution in [-0.2, 0) is 14.3 Å². The van der Waals surface area contributed by atoms with Crippen LogP contribution in [0.1, 0.15) is 0 Å². The van der Waals surface area contributed by atoms with Gasteiger partial charge in [-0.25, -0.2) is 4.79 Å². The quantitative estimate of drug-likeness (QED) is 0.418. The summed E-state index contributed by atoms with van der Waals surface area (Å²) in [4.78, 5) is 10.7. The molecule has 0 amide bonds. The Hall–Kier alpha value is -0.650. The van der Waals surface area contributed by atoms with E-state index in [0.717, 1.165) is 0 Å². The van der Waals surface area contributed by atoms with Crippen molar-refractivity contribution in [2.75, 3.05) is 0 Å². The first-order valence-corrected chi connectivity index (χ1v) is 3.59. The second-order valence-corrected chi connectivity index (χ2v) is 2.90. The van der Waals surface area contributed by atoms with Gasteiger partial charge in [0, 0.05) is 0 Å². The van der Waals surface area contributed by atoms with Crippen LogP contribution < -0.4 is 0 Å². The third-order valence-corrected chi connectivity index (χ3v) is 2.12. The fourth-order valence-electron chi connectivity index (χ4n) is 1.45. The molecule has 0 spiro atoms. The molecule has 12 heavy (non-hydrogen) atoms. The molecule has 0 aliphatic carbocycles. The molecule has 5 atom stereocenters. The van der Waals surface area contributed by atoms with Gasteiger partial charge < -0.3 is 19.7 Å². The molecule has 2 unspecified atom stereocenters. The van der Waals surface area contributed by atoms with Gasteiger partial charge in [-0.1, -0.05) is 0 Å². The minimum absolute atomic E-state index is 0.768. The molecular formula is C7H8O5. The highest BCUT2D eigenvalue weighted by atomic mass is 16.6. The van der Waals surface area contributed by atoms with Crippen molar-refractivity contribution in [1.29, 1.82) is 0 Å². The highest BCUT2D eigenvalue weighted by Crippen LogP contribution is 2.31. The Morgan fingerprint density at radius 2 is 2.00 bits per heavy atom. The third-order valence-electron chi connectivity index (χ3n) is 2.12. The van der Waals surface area contributed by atoms with Gasteiger partial charge in [-0.15, -0.1) is 0 Å². The van der Waals surface area contributed by atoms with E-state index in [4.69, 9.17) is 16.8 Å². The molecule has 0 aromatic heterocycles.